The second-order valence-electron chi connectivity index (χ2n) is 6.42. The maximum Gasteiger partial charge on any atom is 0.373 e. The summed E-state index contributed by atoms with van der Waals surface area (Å²) in [6, 6.07) is 8.53. The minimum absolute atomic E-state index is 0. The van der Waals surface area contributed by atoms with Gasteiger partial charge in [-0.1, -0.05) is 30.3 Å². The molecule has 2 aliphatic carbocycles. The molecular formula is C17H21ClN2O6. The number of nitrogens with two attached hydrogens (primary N) is 1. The summed E-state index contributed by atoms with van der Waals surface area (Å²) in [7, 11) is 0. The first-order valence-electron chi connectivity index (χ1n) is 7.88. The maximum atomic E-state index is 12.3. The van der Waals surface area contributed by atoms with Crippen LogP contribution in [0.4, 0.5) is 0 Å². The number of rotatable bonds is 5. The fourth-order valence-electron chi connectivity index (χ4n) is 3.56. The van der Waals surface area contributed by atoms with Crippen LogP contribution in [0.15, 0.2) is 30.3 Å². The minimum atomic E-state index is -1.37. The van der Waals surface area contributed by atoms with Crippen LogP contribution in [0.25, 0.3) is 0 Å². The molecule has 0 aliphatic heterocycles. The number of benzene rings is 1. The Morgan fingerprint density at radius 1 is 1.31 bits per heavy atom. The Bertz CT molecular complexity index is 679. The van der Waals surface area contributed by atoms with Gasteiger partial charge in [-0.3, -0.25) is 4.79 Å². The minimum Gasteiger partial charge on any atom is -0.479 e. The van der Waals surface area contributed by atoms with Crippen molar-refractivity contribution in [2.24, 2.45) is 17.6 Å². The van der Waals surface area contributed by atoms with E-state index in [9.17, 15) is 19.8 Å². The second-order valence-corrected chi connectivity index (χ2v) is 6.42. The van der Waals surface area contributed by atoms with Crippen LogP contribution in [0.2, 0.25) is 0 Å². The van der Waals surface area contributed by atoms with Crippen molar-refractivity contribution in [3.63, 3.8) is 0 Å². The van der Waals surface area contributed by atoms with E-state index in [-0.39, 0.29) is 36.8 Å². The van der Waals surface area contributed by atoms with Crippen molar-refractivity contribution in [1.29, 1.82) is 0 Å². The van der Waals surface area contributed by atoms with Crippen LogP contribution >= 0.6 is 12.4 Å². The molecule has 2 saturated carbocycles. The number of fused-ring (bicyclic) bond motifs is 1. The molecule has 0 spiro atoms. The molecule has 1 aromatic carbocycles. The number of amides is 1. The number of aliphatic hydroxyl groups is 1. The fraction of sp³-hybridized carbons (Fsp3) is 0.471. The summed E-state index contributed by atoms with van der Waals surface area (Å²) < 4.78 is 0. The molecule has 3 rings (SSSR count). The van der Waals surface area contributed by atoms with E-state index in [1.165, 1.54) is 0 Å². The summed E-state index contributed by atoms with van der Waals surface area (Å²) in [6.07, 6.45) is 0.633. The third-order valence-electron chi connectivity index (χ3n) is 4.86. The van der Waals surface area contributed by atoms with E-state index >= 15 is 0 Å². The van der Waals surface area contributed by atoms with Crippen LogP contribution in [-0.2, 0) is 25.6 Å². The Balaban J connectivity index is 0.000000791. The van der Waals surface area contributed by atoms with E-state index in [1.807, 2.05) is 30.3 Å². The zero-order valence-corrected chi connectivity index (χ0v) is 14.6. The van der Waals surface area contributed by atoms with Gasteiger partial charge >= 0.3 is 12.1 Å². The van der Waals surface area contributed by atoms with Crippen LogP contribution in [0.1, 0.15) is 18.4 Å². The molecule has 0 heterocycles. The molecule has 1 amide bonds. The van der Waals surface area contributed by atoms with Crippen LogP contribution in [-0.4, -0.2) is 45.9 Å². The molecule has 2 aliphatic rings. The average molecular weight is 385 g/mol. The quantitative estimate of drug-likeness (QED) is 0.546. The first-order chi connectivity index (χ1) is 11.9. The lowest BCUT2D eigenvalue weighted by Gasteiger charge is -2.29. The summed E-state index contributed by atoms with van der Waals surface area (Å²) in [4.78, 5) is 40.2. The van der Waals surface area contributed by atoms with Crippen molar-refractivity contribution in [3.05, 3.63) is 35.9 Å². The second kappa shape index (κ2) is 8.91. The van der Waals surface area contributed by atoms with Gasteiger partial charge in [-0.25, -0.2) is 4.79 Å². The zero-order chi connectivity index (χ0) is 18.6. The molecule has 5 N–H and O–H groups in total. The summed E-state index contributed by atoms with van der Waals surface area (Å²) in [5.41, 5.74) is 5.47. The third-order valence-corrected chi connectivity index (χ3v) is 4.86. The van der Waals surface area contributed by atoms with E-state index in [0.717, 1.165) is 5.56 Å². The van der Waals surface area contributed by atoms with Crippen molar-refractivity contribution in [3.8, 4) is 0 Å². The van der Waals surface area contributed by atoms with Gasteiger partial charge in [0, 0.05) is 6.42 Å². The number of halogens is 1. The normalized spacial score (nSPS) is 28.9. The van der Waals surface area contributed by atoms with Gasteiger partial charge in [-0.2, -0.15) is 9.59 Å². The molecule has 0 saturated heterocycles. The van der Waals surface area contributed by atoms with E-state index < -0.39 is 29.6 Å². The van der Waals surface area contributed by atoms with Crippen LogP contribution in [0.5, 0.6) is 0 Å². The fourth-order valence-corrected chi connectivity index (χ4v) is 3.56. The molecule has 0 aromatic heterocycles. The molecular weight excluding hydrogens is 364 g/mol. The predicted molar refractivity (Wildman–Crippen MR) is 91.1 cm³/mol. The van der Waals surface area contributed by atoms with Gasteiger partial charge in [0.25, 0.3) is 0 Å². The van der Waals surface area contributed by atoms with Gasteiger partial charge in [0.1, 0.15) is 5.54 Å². The zero-order valence-electron chi connectivity index (χ0n) is 13.8. The lowest BCUT2D eigenvalue weighted by atomic mass is 9.91. The number of carbonyl (C=O) groups is 2. The number of aliphatic carboxylic acids is 1. The topological polar surface area (TPSA) is 147 Å². The summed E-state index contributed by atoms with van der Waals surface area (Å²) in [5, 5.41) is 22.0. The van der Waals surface area contributed by atoms with Gasteiger partial charge in [0.2, 0.25) is 5.91 Å². The highest BCUT2D eigenvalue weighted by atomic mass is 35.5. The van der Waals surface area contributed by atoms with E-state index in [1.54, 1.807) is 0 Å². The van der Waals surface area contributed by atoms with Gasteiger partial charge < -0.3 is 21.3 Å². The Kier molecular flexibility index (Phi) is 7.47. The number of hydrogen-bond donors (Lipinski definition) is 4. The van der Waals surface area contributed by atoms with Crippen LogP contribution in [0.3, 0.4) is 0 Å². The van der Waals surface area contributed by atoms with Gasteiger partial charge in [0.05, 0.1) is 12.1 Å². The SMILES string of the molecule is Cl.N[C@@H](Cc1ccccc1)C(=O)N[C@@]1(C(=O)O)C[C@H](O)[C@H]2C[C@H]21.O=C=O. The van der Waals surface area contributed by atoms with E-state index in [4.69, 9.17) is 15.3 Å². The monoisotopic (exact) mass is 384 g/mol. The van der Waals surface area contributed by atoms with E-state index in [0.29, 0.717) is 12.8 Å². The Labute approximate surface area is 156 Å². The molecule has 142 valence electrons. The van der Waals surface area contributed by atoms with Crippen molar-refractivity contribution >= 4 is 30.4 Å². The number of nitrogens with one attached hydrogen (secondary N) is 1. The van der Waals surface area contributed by atoms with Gasteiger partial charge in [-0.05, 0) is 30.2 Å². The standard InChI is InChI=1S/C16H20N2O4.CO2.ClH/c17-12(6-9-4-2-1-3-5-9)14(20)18-16(15(21)22)8-13(19)10-7-11(10)16;2-1-3;/h1-5,10-13,19H,6-8,17H2,(H,18,20)(H,21,22);;1H/t10-,11+,12-,13-,16-;;/m0../s1. The van der Waals surface area contributed by atoms with Crippen LogP contribution in [0, 0.1) is 11.8 Å². The lowest BCUT2D eigenvalue weighted by Crippen LogP contribution is -2.59. The summed E-state index contributed by atoms with van der Waals surface area (Å²) in [6.45, 7) is 0. The molecule has 0 radical (unpaired) electrons. The number of aliphatic hydroxyl groups excluding tert-OH is 1. The summed E-state index contributed by atoms with van der Waals surface area (Å²) >= 11 is 0. The Morgan fingerprint density at radius 2 is 1.88 bits per heavy atom. The van der Waals surface area contributed by atoms with Crippen molar-refractivity contribution in [1.82, 2.24) is 5.32 Å². The molecule has 0 bridgehead atoms. The molecule has 2 fully saturated rings. The summed E-state index contributed by atoms with van der Waals surface area (Å²) in [5.74, 6) is -1.77. The number of hydrogen-bond acceptors (Lipinski definition) is 6. The molecule has 1 aromatic rings. The van der Waals surface area contributed by atoms with Gasteiger partial charge in [0.15, 0.2) is 0 Å². The smallest absolute Gasteiger partial charge is 0.373 e. The van der Waals surface area contributed by atoms with Crippen molar-refractivity contribution < 1.29 is 29.4 Å². The highest BCUT2D eigenvalue weighted by Gasteiger charge is 2.67. The number of carboxylic acids is 1. The van der Waals surface area contributed by atoms with Gasteiger partial charge in [-0.15, -0.1) is 12.4 Å². The Hall–Kier alpha value is -2.25. The molecule has 5 atom stereocenters. The predicted octanol–water partition coefficient (Wildman–Crippen LogP) is -0.265. The maximum absolute atomic E-state index is 12.3. The average Bonchev–Trinajstić information content (AvgIpc) is 3.31. The molecule has 26 heavy (non-hydrogen) atoms. The molecule has 9 heteroatoms. The largest absolute Gasteiger partial charge is 0.479 e. The van der Waals surface area contributed by atoms with Crippen molar-refractivity contribution in [2.45, 2.75) is 36.9 Å². The first-order valence-corrected chi connectivity index (χ1v) is 7.88. The molecule has 8 nitrogen and oxygen atoms in total. The van der Waals surface area contributed by atoms with E-state index in [2.05, 4.69) is 5.32 Å². The number of carbonyl (C=O) groups excluding carboxylic acids is 3. The highest BCUT2D eigenvalue weighted by Crippen LogP contribution is 2.57. The lowest BCUT2D eigenvalue weighted by molar-refractivity contribution is -0.191. The van der Waals surface area contributed by atoms with Crippen molar-refractivity contribution in [2.75, 3.05) is 0 Å². The Morgan fingerprint density at radius 3 is 2.31 bits per heavy atom. The molecule has 0 unspecified atom stereocenters. The first kappa shape index (κ1) is 21.8. The highest BCUT2D eigenvalue weighted by molar-refractivity contribution is 5.90. The van der Waals surface area contributed by atoms with Crippen LogP contribution < -0.4 is 11.1 Å². The number of carboxylic acid groups (broad SMARTS) is 1. The third kappa shape index (κ3) is 4.47.